The van der Waals surface area contributed by atoms with E-state index in [-0.39, 0.29) is 6.10 Å². The fourth-order valence-corrected chi connectivity index (χ4v) is 1.68. The molecule has 16 heavy (non-hydrogen) atoms. The Morgan fingerprint density at radius 3 is 3.00 bits per heavy atom. The predicted molar refractivity (Wildman–Crippen MR) is 66.0 cm³/mol. The predicted octanol–water partition coefficient (Wildman–Crippen LogP) is 1.35. The number of hydrogen-bond donors (Lipinski definition) is 2. The fraction of sp³-hybridized carbons (Fsp3) is 0.417. The van der Waals surface area contributed by atoms with Crippen molar-refractivity contribution in [2.75, 3.05) is 18.8 Å². The maximum atomic E-state index is 5.84. The first kappa shape index (κ1) is 10.8. The molecule has 0 bridgehead atoms. The average molecular weight is 219 g/mol. The maximum absolute atomic E-state index is 5.84. The second kappa shape index (κ2) is 4.43. The van der Waals surface area contributed by atoms with Gasteiger partial charge in [0.05, 0.1) is 6.54 Å². The third-order valence-electron chi connectivity index (χ3n) is 2.60. The molecule has 0 aromatic heterocycles. The molecule has 0 radical (unpaired) electrons. The number of aryl methyl sites for hydroxylation is 1. The quantitative estimate of drug-likeness (QED) is 0.754. The van der Waals surface area contributed by atoms with Crippen molar-refractivity contribution in [3.63, 3.8) is 0 Å². The lowest BCUT2D eigenvalue weighted by molar-refractivity contribution is 0.282. The lowest BCUT2D eigenvalue weighted by Gasteiger charge is -2.17. The molecule has 4 nitrogen and oxygen atoms in total. The van der Waals surface area contributed by atoms with E-state index in [2.05, 4.69) is 10.3 Å². The van der Waals surface area contributed by atoms with E-state index in [9.17, 15) is 0 Å². The number of nitrogens with two attached hydrogens (primary N) is 1. The summed E-state index contributed by atoms with van der Waals surface area (Å²) in [5.41, 5.74) is 7.53. The van der Waals surface area contributed by atoms with E-state index in [1.54, 1.807) is 0 Å². The van der Waals surface area contributed by atoms with Crippen LogP contribution in [0.2, 0.25) is 0 Å². The minimum absolute atomic E-state index is 0.0528. The Morgan fingerprint density at radius 2 is 2.31 bits per heavy atom. The molecule has 3 N–H and O–H groups in total. The van der Waals surface area contributed by atoms with E-state index in [0.717, 1.165) is 30.2 Å². The minimum atomic E-state index is -0.0528. The third kappa shape index (κ3) is 2.27. The number of ether oxygens (including phenoxy) is 1. The molecule has 1 aliphatic rings. The normalized spacial score (nSPS) is 16.5. The lowest BCUT2D eigenvalue weighted by atomic mass is 10.2. The molecule has 1 unspecified atom stereocenters. The number of anilines is 1. The Hall–Kier alpha value is -1.71. The van der Waals surface area contributed by atoms with Crippen LogP contribution in [0.4, 0.5) is 5.69 Å². The summed E-state index contributed by atoms with van der Waals surface area (Å²) in [6.45, 7) is 5.73. The molecule has 0 spiro atoms. The van der Waals surface area contributed by atoms with Gasteiger partial charge in [0.15, 0.2) is 6.10 Å². The molecule has 4 heteroatoms. The van der Waals surface area contributed by atoms with Gasteiger partial charge in [-0.05, 0) is 25.5 Å². The van der Waals surface area contributed by atoms with Crippen LogP contribution in [0.25, 0.3) is 0 Å². The highest BCUT2D eigenvalue weighted by Crippen LogP contribution is 2.22. The van der Waals surface area contributed by atoms with Crippen molar-refractivity contribution in [2.24, 2.45) is 4.99 Å². The monoisotopic (exact) mass is 219 g/mol. The molecular formula is C12H17N3O. The van der Waals surface area contributed by atoms with Crippen LogP contribution in [0.1, 0.15) is 12.5 Å². The molecule has 0 amide bonds. The molecule has 0 aliphatic carbocycles. The van der Waals surface area contributed by atoms with Crippen LogP contribution >= 0.6 is 0 Å². The Kier molecular flexibility index (Phi) is 2.99. The fourth-order valence-electron chi connectivity index (χ4n) is 1.68. The van der Waals surface area contributed by atoms with E-state index in [4.69, 9.17) is 10.5 Å². The molecule has 1 heterocycles. The van der Waals surface area contributed by atoms with Crippen LogP contribution in [0, 0.1) is 6.92 Å². The highest BCUT2D eigenvalue weighted by atomic mass is 16.5. The number of rotatable bonds is 3. The van der Waals surface area contributed by atoms with Gasteiger partial charge in [0.25, 0.3) is 0 Å². The van der Waals surface area contributed by atoms with Crippen molar-refractivity contribution >= 4 is 11.5 Å². The van der Waals surface area contributed by atoms with E-state index >= 15 is 0 Å². The van der Waals surface area contributed by atoms with Gasteiger partial charge in [-0.2, -0.15) is 0 Å². The summed E-state index contributed by atoms with van der Waals surface area (Å²) in [6.07, 6.45) is -0.0528. The first-order valence-electron chi connectivity index (χ1n) is 5.48. The summed E-state index contributed by atoms with van der Waals surface area (Å²) in [5, 5.41) is 3.20. The van der Waals surface area contributed by atoms with Gasteiger partial charge in [0.1, 0.15) is 11.6 Å². The van der Waals surface area contributed by atoms with Crippen LogP contribution in [0.3, 0.4) is 0 Å². The van der Waals surface area contributed by atoms with Crippen LogP contribution in [-0.4, -0.2) is 25.0 Å². The largest absolute Gasteiger partial charge is 0.482 e. The summed E-state index contributed by atoms with van der Waals surface area (Å²) >= 11 is 0. The van der Waals surface area contributed by atoms with E-state index in [1.165, 1.54) is 0 Å². The topological polar surface area (TPSA) is 59.6 Å². The zero-order chi connectivity index (χ0) is 11.5. The first-order valence-corrected chi connectivity index (χ1v) is 5.48. The van der Waals surface area contributed by atoms with Crippen molar-refractivity contribution < 1.29 is 4.74 Å². The van der Waals surface area contributed by atoms with E-state index < -0.39 is 0 Å². The van der Waals surface area contributed by atoms with Gasteiger partial charge in [-0.3, -0.25) is 4.99 Å². The van der Waals surface area contributed by atoms with Gasteiger partial charge in [-0.25, -0.2) is 0 Å². The summed E-state index contributed by atoms with van der Waals surface area (Å²) in [7, 11) is 0. The van der Waals surface area contributed by atoms with Gasteiger partial charge >= 0.3 is 0 Å². The van der Waals surface area contributed by atoms with Gasteiger partial charge < -0.3 is 15.8 Å². The molecule has 2 rings (SSSR count). The smallest absolute Gasteiger partial charge is 0.152 e. The highest BCUT2D eigenvalue weighted by molar-refractivity contribution is 5.87. The molecule has 1 aromatic carbocycles. The average Bonchev–Trinajstić information content (AvgIpc) is 2.76. The number of amidine groups is 1. The number of nitrogen functional groups attached to an aromatic ring is 1. The minimum Gasteiger partial charge on any atom is -0.482 e. The number of nitrogens with zero attached hydrogens (tertiary/aromatic N) is 1. The third-order valence-corrected chi connectivity index (χ3v) is 2.60. The summed E-state index contributed by atoms with van der Waals surface area (Å²) in [6, 6.07) is 5.68. The Balaban J connectivity index is 2.10. The van der Waals surface area contributed by atoms with E-state index in [0.29, 0.717) is 5.69 Å². The van der Waals surface area contributed by atoms with Gasteiger partial charge in [0.2, 0.25) is 0 Å². The summed E-state index contributed by atoms with van der Waals surface area (Å²) < 4.78 is 5.84. The van der Waals surface area contributed by atoms with Crippen molar-refractivity contribution in [3.8, 4) is 5.75 Å². The second-order valence-corrected chi connectivity index (χ2v) is 3.98. The number of hydrogen-bond acceptors (Lipinski definition) is 4. The standard InChI is InChI=1S/C12H17N3O/c1-8-3-4-10(13)7-11(8)16-9(2)12-14-5-6-15-12/h3-4,7,9H,5-6,13H2,1-2H3,(H,14,15). The highest BCUT2D eigenvalue weighted by Gasteiger charge is 2.16. The number of nitrogens with one attached hydrogen (secondary N) is 1. The molecule has 1 atom stereocenters. The summed E-state index contributed by atoms with van der Waals surface area (Å²) in [4.78, 5) is 4.33. The number of aliphatic imine (C=N–C) groups is 1. The van der Waals surface area contributed by atoms with E-state index in [1.807, 2.05) is 32.0 Å². The zero-order valence-corrected chi connectivity index (χ0v) is 9.66. The van der Waals surface area contributed by atoms with Crippen LogP contribution in [0.5, 0.6) is 5.75 Å². The number of benzene rings is 1. The van der Waals surface area contributed by atoms with Gasteiger partial charge in [-0.1, -0.05) is 6.07 Å². The lowest BCUT2D eigenvalue weighted by Crippen LogP contribution is -2.33. The second-order valence-electron chi connectivity index (χ2n) is 3.98. The van der Waals surface area contributed by atoms with Crippen molar-refractivity contribution in [2.45, 2.75) is 20.0 Å². The molecule has 0 saturated carbocycles. The Morgan fingerprint density at radius 1 is 1.50 bits per heavy atom. The first-order chi connectivity index (χ1) is 7.66. The Bertz CT molecular complexity index is 415. The van der Waals surface area contributed by atoms with Crippen molar-refractivity contribution in [1.82, 2.24) is 5.32 Å². The molecule has 86 valence electrons. The molecule has 0 saturated heterocycles. The molecule has 0 fully saturated rings. The molecule has 1 aromatic rings. The van der Waals surface area contributed by atoms with Gasteiger partial charge in [0, 0.05) is 18.3 Å². The maximum Gasteiger partial charge on any atom is 0.152 e. The molecule has 1 aliphatic heterocycles. The van der Waals surface area contributed by atoms with Crippen molar-refractivity contribution in [3.05, 3.63) is 23.8 Å². The SMILES string of the molecule is Cc1ccc(N)cc1OC(C)C1=NCCN1. The van der Waals surface area contributed by atoms with Gasteiger partial charge in [-0.15, -0.1) is 0 Å². The summed E-state index contributed by atoms with van der Waals surface area (Å²) in [5.74, 6) is 1.74. The zero-order valence-electron chi connectivity index (χ0n) is 9.66. The van der Waals surface area contributed by atoms with Crippen molar-refractivity contribution in [1.29, 1.82) is 0 Å². The molecular weight excluding hydrogens is 202 g/mol. The van der Waals surface area contributed by atoms with Crippen LogP contribution < -0.4 is 15.8 Å². The van der Waals surface area contributed by atoms with Crippen LogP contribution in [0.15, 0.2) is 23.2 Å². The Labute approximate surface area is 95.5 Å². The van der Waals surface area contributed by atoms with Crippen LogP contribution in [-0.2, 0) is 0 Å².